The summed E-state index contributed by atoms with van der Waals surface area (Å²) in [4.78, 5) is 11.3. The number of carbonyl (C=O) groups is 1. The highest BCUT2D eigenvalue weighted by Gasteiger charge is 2.34. The molecule has 0 saturated heterocycles. The standard InChI is InChI=1S/C11H10F3N3O3/c1-6-9(10(18)19-2)15-16-17(6)5-7-3-4-8(20-7)11(12,13)14/h3-4H,5H2,1-2H3. The van der Waals surface area contributed by atoms with E-state index in [4.69, 9.17) is 0 Å². The molecule has 2 aromatic heterocycles. The van der Waals surface area contributed by atoms with Gasteiger partial charge in [-0.15, -0.1) is 5.10 Å². The molecule has 0 aliphatic heterocycles. The molecule has 2 rings (SSSR count). The number of rotatable bonds is 3. The van der Waals surface area contributed by atoms with Crippen molar-refractivity contribution in [2.45, 2.75) is 19.6 Å². The fraction of sp³-hybridized carbons (Fsp3) is 0.364. The molecule has 0 fully saturated rings. The maximum Gasteiger partial charge on any atom is 0.449 e. The molecule has 0 saturated carbocycles. The Kier molecular flexibility index (Phi) is 3.51. The van der Waals surface area contributed by atoms with Crippen molar-refractivity contribution in [3.05, 3.63) is 35.0 Å². The number of carbonyl (C=O) groups excluding carboxylic acids is 1. The maximum atomic E-state index is 12.4. The van der Waals surface area contributed by atoms with Crippen LogP contribution in [0.3, 0.4) is 0 Å². The average molecular weight is 289 g/mol. The summed E-state index contributed by atoms with van der Waals surface area (Å²) in [7, 11) is 1.20. The van der Waals surface area contributed by atoms with E-state index >= 15 is 0 Å². The predicted molar refractivity (Wildman–Crippen MR) is 58.9 cm³/mol. The first-order valence-electron chi connectivity index (χ1n) is 5.47. The minimum absolute atomic E-state index is 0.00935. The number of esters is 1. The highest BCUT2D eigenvalue weighted by Crippen LogP contribution is 2.30. The smallest absolute Gasteiger partial charge is 0.449 e. The van der Waals surface area contributed by atoms with Crippen LogP contribution in [0, 0.1) is 6.92 Å². The summed E-state index contributed by atoms with van der Waals surface area (Å²) in [6.07, 6.45) is -4.53. The SMILES string of the molecule is COC(=O)c1nnn(Cc2ccc(C(F)(F)F)o2)c1C. The van der Waals surface area contributed by atoms with Crippen molar-refractivity contribution in [3.8, 4) is 0 Å². The Morgan fingerprint density at radius 3 is 2.70 bits per heavy atom. The summed E-state index contributed by atoms with van der Waals surface area (Å²) in [6, 6.07) is 2.03. The molecule has 9 heteroatoms. The number of halogens is 3. The number of nitrogens with zero attached hydrogens (tertiary/aromatic N) is 3. The molecule has 0 atom stereocenters. The number of alkyl halides is 3. The zero-order valence-electron chi connectivity index (χ0n) is 10.6. The average Bonchev–Trinajstić information content (AvgIpc) is 2.97. The van der Waals surface area contributed by atoms with E-state index in [0.29, 0.717) is 5.69 Å². The molecule has 0 unspecified atom stereocenters. The number of hydrogen-bond donors (Lipinski definition) is 0. The van der Waals surface area contributed by atoms with Crippen molar-refractivity contribution in [3.63, 3.8) is 0 Å². The van der Waals surface area contributed by atoms with Crippen LogP contribution in [-0.4, -0.2) is 28.1 Å². The summed E-state index contributed by atoms with van der Waals surface area (Å²) < 4.78 is 47.6. The highest BCUT2D eigenvalue weighted by atomic mass is 19.4. The molecule has 0 aromatic carbocycles. The van der Waals surface area contributed by atoms with Gasteiger partial charge < -0.3 is 9.15 Å². The van der Waals surface area contributed by atoms with Crippen molar-refractivity contribution < 1.29 is 27.1 Å². The molecule has 2 aromatic rings. The van der Waals surface area contributed by atoms with E-state index in [0.717, 1.165) is 6.07 Å². The van der Waals surface area contributed by atoms with Crippen LogP contribution in [0.15, 0.2) is 16.5 Å². The van der Waals surface area contributed by atoms with Crippen molar-refractivity contribution in [1.29, 1.82) is 0 Å². The van der Waals surface area contributed by atoms with E-state index in [2.05, 4.69) is 19.5 Å². The summed E-state index contributed by atoms with van der Waals surface area (Å²) >= 11 is 0. The molecule has 0 aliphatic carbocycles. The lowest BCUT2D eigenvalue weighted by atomic mass is 10.3. The molecule has 0 N–H and O–H groups in total. The summed E-state index contributed by atoms with van der Waals surface area (Å²) in [5.74, 6) is -1.69. The Morgan fingerprint density at radius 2 is 2.15 bits per heavy atom. The number of hydrogen-bond acceptors (Lipinski definition) is 5. The van der Waals surface area contributed by atoms with Gasteiger partial charge in [0, 0.05) is 0 Å². The van der Waals surface area contributed by atoms with Crippen LogP contribution in [0.1, 0.15) is 27.7 Å². The van der Waals surface area contributed by atoms with Crippen LogP contribution in [0.25, 0.3) is 0 Å². The highest BCUT2D eigenvalue weighted by molar-refractivity contribution is 5.88. The van der Waals surface area contributed by atoms with Gasteiger partial charge in [0.05, 0.1) is 12.8 Å². The van der Waals surface area contributed by atoms with Gasteiger partial charge in [-0.3, -0.25) is 0 Å². The van der Waals surface area contributed by atoms with Crippen LogP contribution in [0.5, 0.6) is 0 Å². The minimum Gasteiger partial charge on any atom is -0.464 e. The molecule has 20 heavy (non-hydrogen) atoms. The molecule has 0 aliphatic rings. The largest absolute Gasteiger partial charge is 0.464 e. The lowest BCUT2D eigenvalue weighted by Gasteiger charge is -2.02. The summed E-state index contributed by atoms with van der Waals surface area (Å²) in [5.41, 5.74) is 0.386. The quantitative estimate of drug-likeness (QED) is 0.809. The van der Waals surface area contributed by atoms with Crippen LogP contribution in [0.2, 0.25) is 0 Å². The Morgan fingerprint density at radius 1 is 1.45 bits per heavy atom. The molecule has 0 radical (unpaired) electrons. The first-order chi connectivity index (χ1) is 9.32. The summed E-state index contributed by atoms with van der Waals surface area (Å²) in [6.45, 7) is 1.49. The maximum absolute atomic E-state index is 12.4. The van der Waals surface area contributed by atoms with E-state index in [1.165, 1.54) is 17.9 Å². The second-order valence-electron chi connectivity index (χ2n) is 3.94. The molecule has 6 nitrogen and oxygen atoms in total. The number of methoxy groups -OCH3 is 1. The number of furan rings is 1. The first-order valence-corrected chi connectivity index (χ1v) is 5.47. The third-order valence-electron chi connectivity index (χ3n) is 2.61. The summed E-state index contributed by atoms with van der Waals surface area (Å²) in [5, 5.41) is 7.29. The molecule has 0 amide bonds. The molecule has 0 bridgehead atoms. The van der Waals surface area contributed by atoms with Crippen LogP contribution in [0.4, 0.5) is 13.2 Å². The van der Waals surface area contributed by atoms with Gasteiger partial charge in [0.25, 0.3) is 0 Å². The lowest BCUT2D eigenvalue weighted by Crippen LogP contribution is -2.07. The Labute approximate surface area is 111 Å². The fourth-order valence-corrected chi connectivity index (χ4v) is 1.56. The van der Waals surface area contributed by atoms with E-state index in [1.807, 2.05) is 0 Å². The second kappa shape index (κ2) is 4.99. The van der Waals surface area contributed by atoms with E-state index in [9.17, 15) is 18.0 Å². The van der Waals surface area contributed by atoms with E-state index in [1.54, 1.807) is 6.92 Å². The normalized spacial score (nSPS) is 11.7. The van der Waals surface area contributed by atoms with Crippen LogP contribution >= 0.6 is 0 Å². The third-order valence-corrected chi connectivity index (χ3v) is 2.61. The van der Waals surface area contributed by atoms with E-state index in [-0.39, 0.29) is 18.0 Å². The predicted octanol–water partition coefficient (Wildman–Crippen LogP) is 2.03. The van der Waals surface area contributed by atoms with Gasteiger partial charge >= 0.3 is 12.1 Å². The van der Waals surface area contributed by atoms with Crippen molar-refractivity contribution >= 4 is 5.97 Å². The molecular weight excluding hydrogens is 279 g/mol. The van der Waals surface area contributed by atoms with Crippen molar-refractivity contribution in [2.75, 3.05) is 7.11 Å². The van der Waals surface area contributed by atoms with Gasteiger partial charge in [-0.25, -0.2) is 9.48 Å². The Hall–Kier alpha value is -2.32. The van der Waals surface area contributed by atoms with Gasteiger partial charge in [-0.1, -0.05) is 5.21 Å². The van der Waals surface area contributed by atoms with Gasteiger partial charge in [0.2, 0.25) is 5.76 Å². The third kappa shape index (κ3) is 2.65. The first kappa shape index (κ1) is 14.1. The minimum atomic E-state index is -4.53. The lowest BCUT2D eigenvalue weighted by molar-refractivity contribution is -0.153. The number of ether oxygens (including phenoxy) is 1. The molecular formula is C11H10F3N3O3. The van der Waals surface area contributed by atoms with Gasteiger partial charge in [0.1, 0.15) is 12.3 Å². The van der Waals surface area contributed by atoms with Crippen LogP contribution in [-0.2, 0) is 17.5 Å². The Bertz CT molecular complexity index is 630. The molecule has 0 spiro atoms. The molecule has 108 valence electrons. The Balaban J connectivity index is 2.21. The zero-order chi connectivity index (χ0) is 14.9. The van der Waals surface area contributed by atoms with Crippen LogP contribution < -0.4 is 0 Å². The van der Waals surface area contributed by atoms with E-state index < -0.39 is 17.9 Å². The fourth-order valence-electron chi connectivity index (χ4n) is 1.56. The van der Waals surface area contributed by atoms with Gasteiger partial charge in [-0.2, -0.15) is 13.2 Å². The van der Waals surface area contributed by atoms with Gasteiger partial charge in [0.15, 0.2) is 5.69 Å². The number of aromatic nitrogens is 3. The zero-order valence-corrected chi connectivity index (χ0v) is 10.6. The van der Waals surface area contributed by atoms with Gasteiger partial charge in [-0.05, 0) is 19.1 Å². The second-order valence-corrected chi connectivity index (χ2v) is 3.94. The van der Waals surface area contributed by atoms with Crippen molar-refractivity contribution in [2.24, 2.45) is 0 Å². The topological polar surface area (TPSA) is 70.2 Å². The molecule has 2 heterocycles. The monoisotopic (exact) mass is 289 g/mol. The van der Waals surface area contributed by atoms with Crippen molar-refractivity contribution in [1.82, 2.24) is 15.0 Å².